The third-order valence-electron chi connectivity index (χ3n) is 2.87. The van der Waals surface area contributed by atoms with Gasteiger partial charge in [0.1, 0.15) is 6.07 Å². The fraction of sp³-hybridized carbons (Fsp3) is 0.533. The summed E-state index contributed by atoms with van der Waals surface area (Å²) < 4.78 is 0. The van der Waals surface area contributed by atoms with Crippen molar-refractivity contribution < 1.29 is 0 Å². The standard InChI is InChI=1S/C15H22N2/c1-11(2)5-7-13(4)17-15-9-12(3)6-8-14(15)10-16/h6,8-9,11,13,17H,5,7H2,1-4H3. The fourth-order valence-corrected chi connectivity index (χ4v) is 1.80. The molecule has 0 saturated heterocycles. The quantitative estimate of drug-likeness (QED) is 0.826. The smallest absolute Gasteiger partial charge is 0.101 e. The van der Waals surface area contributed by atoms with Crippen molar-refractivity contribution in [2.45, 2.75) is 46.6 Å². The molecule has 17 heavy (non-hydrogen) atoms. The molecule has 0 bridgehead atoms. The first kappa shape index (κ1) is 13.6. The highest BCUT2D eigenvalue weighted by atomic mass is 14.9. The van der Waals surface area contributed by atoms with E-state index in [2.05, 4.69) is 32.2 Å². The molecule has 1 aromatic carbocycles. The van der Waals surface area contributed by atoms with E-state index < -0.39 is 0 Å². The normalized spacial score (nSPS) is 12.2. The van der Waals surface area contributed by atoms with Crippen LogP contribution in [0.3, 0.4) is 0 Å². The Balaban J connectivity index is 2.67. The lowest BCUT2D eigenvalue weighted by molar-refractivity contribution is 0.527. The van der Waals surface area contributed by atoms with Gasteiger partial charge < -0.3 is 5.32 Å². The summed E-state index contributed by atoms with van der Waals surface area (Å²) in [4.78, 5) is 0. The van der Waals surface area contributed by atoms with E-state index in [0.29, 0.717) is 6.04 Å². The summed E-state index contributed by atoms with van der Waals surface area (Å²) >= 11 is 0. The summed E-state index contributed by atoms with van der Waals surface area (Å²) in [5.41, 5.74) is 2.87. The van der Waals surface area contributed by atoms with Gasteiger partial charge in [0.15, 0.2) is 0 Å². The van der Waals surface area contributed by atoms with Crippen LogP contribution < -0.4 is 5.32 Å². The average molecular weight is 230 g/mol. The molecular weight excluding hydrogens is 208 g/mol. The van der Waals surface area contributed by atoms with Gasteiger partial charge in [0.25, 0.3) is 0 Å². The highest BCUT2D eigenvalue weighted by molar-refractivity contribution is 5.59. The van der Waals surface area contributed by atoms with E-state index in [-0.39, 0.29) is 0 Å². The number of nitriles is 1. The minimum Gasteiger partial charge on any atom is -0.382 e. The van der Waals surface area contributed by atoms with E-state index in [4.69, 9.17) is 5.26 Å². The molecule has 92 valence electrons. The Labute approximate surface area is 105 Å². The second kappa shape index (κ2) is 6.30. The highest BCUT2D eigenvalue weighted by Crippen LogP contribution is 2.19. The molecule has 0 aromatic heterocycles. The van der Waals surface area contributed by atoms with Gasteiger partial charge in [-0.25, -0.2) is 0 Å². The van der Waals surface area contributed by atoms with Crippen molar-refractivity contribution in [3.8, 4) is 6.07 Å². The summed E-state index contributed by atoms with van der Waals surface area (Å²) in [7, 11) is 0. The van der Waals surface area contributed by atoms with E-state index in [1.54, 1.807) is 0 Å². The van der Waals surface area contributed by atoms with Crippen LogP contribution in [-0.4, -0.2) is 6.04 Å². The molecule has 2 nitrogen and oxygen atoms in total. The molecule has 1 N–H and O–H groups in total. The number of hydrogen-bond donors (Lipinski definition) is 1. The van der Waals surface area contributed by atoms with Gasteiger partial charge >= 0.3 is 0 Å². The summed E-state index contributed by atoms with van der Waals surface area (Å²) in [5.74, 6) is 0.729. The van der Waals surface area contributed by atoms with Crippen molar-refractivity contribution in [2.24, 2.45) is 5.92 Å². The van der Waals surface area contributed by atoms with E-state index in [1.165, 1.54) is 12.0 Å². The number of rotatable bonds is 5. The third kappa shape index (κ3) is 4.48. The second-order valence-electron chi connectivity index (χ2n) is 5.18. The van der Waals surface area contributed by atoms with Crippen LogP contribution in [0.2, 0.25) is 0 Å². The van der Waals surface area contributed by atoms with Crippen molar-refractivity contribution in [1.82, 2.24) is 0 Å². The zero-order chi connectivity index (χ0) is 12.8. The second-order valence-corrected chi connectivity index (χ2v) is 5.18. The molecule has 0 aliphatic heterocycles. The molecule has 0 fully saturated rings. The minimum absolute atomic E-state index is 0.409. The van der Waals surface area contributed by atoms with Crippen molar-refractivity contribution in [3.63, 3.8) is 0 Å². The van der Waals surface area contributed by atoms with Crippen LogP contribution in [0.25, 0.3) is 0 Å². The topological polar surface area (TPSA) is 35.8 Å². The molecule has 0 aliphatic carbocycles. The Hall–Kier alpha value is -1.49. The molecule has 1 atom stereocenters. The molecule has 0 saturated carbocycles. The van der Waals surface area contributed by atoms with E-state index in [1.807, 2.05) is 25.1 Å². The molecular formula is C15H22N2. The lowest BCUT2D eigenvalue weighted by Gasteiger charge is -2.17. The zero-order valence-electron chi connectivity index (χ0n) is 11.2. The predicted octanol–water partition coefficient (Wildman–Crippen LogP) is 4.10. The van der Waals surface area contributed by atoms with Gasteiger partial charge in [0.2, 0.25) is 0 Å². The summed E-state index contributed by atoms with van der Waals surface area (Å²) in [6, 6.07) is 8.54. The van der Waals surface area contributed by atoms with Gasteiger partial charge in [-0.05, 0) is 50.3 Å². The van der Waals surface area contributed by atoms with Crippen LogP contribution in [0.4, 0.5) is 5.69 Å². The molecule has 1 aromatic rings. The first-order valence-electron chi connectivity index (χ1n) is 6.30. The van der Waals surface area contributed by atoms with Crippen molar-refractivity contribution in [1.29, 1.82) is 5.26 Å². The first-order chi connectivity index (χ1) is 8.02. The molecule has 0 aliphatic rings. The number of hydrogen-bond acceptors (Lipinski definition) is 2. The number of benzene rings is 1. The van der Waals surface area contributed by atoms with Gasteiger partial charge in [-0.1, -0.05) is 19.9 Å². The molecule has 0 amide bonds. The first-order valence-corrected chi connectivity index (χ1v) is 6.30. The molecule has 0 radical (unpaired) electrons. The lowest BCUT2D eigenvalue weighted by atomic mass is 10.0. The summed E-state index contributed by atoms with van der Waals surface area (Å²) in [6.07, 6.45) is 2.35. The number of aryl methyl sites for hydroxylation is 1. The van der Waals surface area contributed by atoms with Crippen LogP contribution in [0.15, 0.2) is 18.2 Å². The number of nitrogens with zero attached hydrogens (tertiary/aromatic N) is 1. The average Bonchev–Trinajstić information content (AvgIpc) is 2.27. The number of nitrogens with one attached hydrogen (secondary N) is 1. The molecule has 0 spiro atoms. The molecule has 0 heterocycles. The van der Waals surface area contributed by atoms with Gasteiger partial charge in [-0.3, -0.25) is 0 Å². The monoisotopic (exact) mass is 230 g/mol. The van der Waals surface area contributed by atoms with E-state index >= 15 is 0 Å². The largest absolute Gasteiger partial charge is 0.382 e. The Morgan fingerprint density at radius 3 is 2.53 bits per heavy atom. The Morgan fingerprint density at radius 1 is 1.24 bits per heavy atom. The van der Waals surface area contributed by atoms with Crippen molar-refractivity contribution in [3.05, 3.63) is 29.3 Å². The Bertz CT molecular complexity index is 402. The van der Waals surface area contributed by atoms with Crippen LogP contribution in [0, 0.1) is 24.2 Å². The molecule has 1 unspecified atom stereocenters. The fourth-order valence-electron chi connectivity index (χ4n) is 1.80. The van der Waals surface area contributed by atoms with Gasteiger partial charge in [-0.15, -0.1) is 0 Å². The van der Waals surface area contributed by atoms with Crippen LogP contribution in [0.5, 0.6) is 0 Å². The van der Waals surface area contributed by atoms with Crippen LogP contribution in [0.1, 0.15) is 44.7 Å². The maximum atomic E-state index is 9.05. The Kier molecular flexibility index (Phi) is 5.03. The van der Waals surface area contributed by atoms with Crippen LogP contribution >= 0.6 is 0 Å². The maximum Gasteiger partial charge on any atom is 0.101 e. The maximum absolute atomic E-state index is 9.05. The van der Waals surface area contributed by atoms with Crippen LogP contribution in [-0.2, 0) is 0 Å². The van der Waals surface area contributed by atoms with Gasteiger partial charge in [0, 0.05) is 6.04 Å². The predicted molar refractivity (Wildman–Crippen MR) is 73.1 cm³/mol. The number of anilines is 1. The SMILES string of the molecule is Cc1ccc(C#N)c(NC(C)CCC(C)C)c1. The zero-order valence-corrected chi connectivity index (χ0v) is 11.2. The van der Waals surface area contributed by atoms with E-state index in [9.17, 15) is 0 Å². The Morgan fingerprint density at radius 2 is 1.94 bits per heavy atom. The van der Waals surface area contributed by atoms with E-state index in [0.717, 1.165) is 23.6 Å². The highest BCUT2D eigenvalue weighted by Gasteiger charge is 2.07. The minimum atomic E-state index is 0.409. The van der Waals surface area contributed by atoms with Gasteiger partial charge in [-0.2, -0.15) is 5.26 Å². The molecule has 1 rings (SSSR count). The lowest BCUT2D eigenvalue weighted by Crippen LogP contribution is -2.16. The van der Waals surface area contributed by atoms with Gasteiger partial charge in [0.05, 0.1) is 11.3 Å². The molecule has 2 heteroatoms. The van der Waals surface area contributed by atoms with Crippen molar-refractivity contribution >= 4 is 5.69 Å². The third-order valence-corrected chi connectivity index (χ3v) is 2.87. The summed E-state index contributed by atoms with van der Waals surface area (Å²) in [6.45, 7) is 8.69. The van der Waals surface area contributed by atoms with Crippen molar-refractivity contribution in [2.75, 3.05) is 5.32 Å². The summed E-state index contributed by atoms with van der Waals surface area (Å²) in [5, 5.41) is 12.5.